The Kier molecular flexibility index (Phi) is 11.1. The number of ether oxygens (including phenoxy) is 4. The maximum atomic E-state index is 5.67. The predicted octanol–water partition coefficient (Wildman–Crippen LogP) is 4.31. The van der Waals surface area contributed by atoms with Crippen LogP contribution in [0.5, 0.6) is 0 Å². The molecule has 1 rings (SSSR count). The van der Waals surface area contributed by atoms with Gasteiger partial charge in [0.15, 0.2) is 5.79 Å². The minimum absolute atomic E-state index is 0.349. The van der Waals surface area contributed by atoms with Crippen molar-refractivity contribution < 1.29 is 18.9 Å². The van der Waals surface area contributed by atoms with Gasteiger partial charge >= 0.3 is 0 Å². The summed E-state index contributed by atoms with van der Waals surface area (Å²) in [6.45, 7) is 4.60. The third-order valence-electron chi connectivity index (χ3n) is 4.46. The number of hydrogen-bond donors (Lipinski definition) is 0. The van der Waals surface area contributed by atoms with Gasteiger partial charge < -0.3 is 18.9 Å². The molecule has 4 nitrogen and oxygen atoms in total. The van der Waals surface area contributed by atoms with Gasteiger partial charge in [-0.15, -0.1) is 0 Å². The van der Waals surface area contributed by atoms with E-state index in [4.69, 9.17) is 18.9 Å². The van der Waals surface area contributed by atoms with Gasteiger partial charge in [-0.1, -0.05) is 45.4 Å². The van der Waals surface area contributed by atoms with Crippen molar-refractivity contribution in [2.75, 3.05) is 34.0 Å². The monoisotopic (exact) mass is 316 g/mol. The van der Waals surface area contributed by atoms with Crippen LogP contribution < -0.4 is 0 Å². The molecule has 1 fully saturated rings. The van der Waals surface area contributed by atoms with Crippen LogP contribution >= 0.6 is 0 Å². The second-order valence-corrected chi connectivity index (χ2v) is 6.32. The fourth-order valence-electron chi connectivity index (χ4n) is 2.79. The van der Waals surface area contributed by atoms with Crippen molar-refractivity contribution in [3.63, 3.8) is 0 Å². The van der Waals surface area contributed by atoms with E-state index in [9.17, 15) is 0 Å². The van der Waals surface area contributed by atoms with E-state index in [1.807, 2.05) is 0 Å². The van der Waals surface area contributed by atoms with Crippen LogP contribution in [0.15, 0.2) is 0 Å². The summed E-state index contributed by atoms with van der Waals surface area (Å²) in [5.41, 5.74) is 0. The highest BCUT2D eigenvalue weighted by atomic mass is 16.7. The van der Waals surface area contributed by atoms with Crippen LogP contribution in [0.25, 0.3) is 0 Å². The van der Waals surface area contributed by atoms with Crippen LogP contribution in [0.2, 0.25) is 0 Å². The van der Waals surface area contributed by atoms with E-state index in [0.717, 1.165) is 39.1 Å². The molecule has 1 saturated heterocycles. The Bertz CT molecular complexity index is 249. The molecule has 0 N–H and O–H groups in total. The number of rotatable bonds is 16. The second-order valence-electron chi connectivity index (χ2n) is 6.32. The van der Waals surface area contributed by atoms with Crippen molar-refractivity contribution in [1.82, 2.24) is 0 Å². The number of epoxide rings is 1. The molecule has 22 heavy (non-hydrogen) atoms. The largest absolute Gasteiger partial charge is 0.379 e. The number of methoxy groups -OCH3 is 2. The summed E-state index contributed by atoms with van der Waals surface area (Å²) in [5, 5.41) is 0. The van der Waals surface area contributed by atoms with E-state index in [2.05, 4.69) is 6.92 Å². The Balaban J connectivity index is 2.06. The maximum Gasteiger partial charge on any atom is 0.167 e. The molecule has 1 aliphatic rings. The van der Waals surface area contributed by atoms with E-state index in [0.29, 0.717) is 6.10 Å². The summed E-state index contributed by atoms with van der Waals surface area (Å²) in [4.78, 5) is 0. The van der Waals surface area contributed by atoms with Gasteiger partial charge in [-0.25, -0.2) is 0 Å². The topological polar surface area (TPSA) is 40.2 Å². The zero-order chi connectivity index (χ0) is 16.1. The first-order chi connectivity index (χ1) is 10.8. The molecule has 0 aromatic carbocycles. The van der Waals surface area contributed by atoms with Crippen LogP contribution in [0.1, 0.15) is 71.1 Å². The third-order valence-corrected chi connectivity index (χ3v) is 4.46. The van der Waals surface area contributed by atoms with Crippen LogP contribution in [-0.4, -0.2) is 45.9 Å². The molecule has 0 aromatic rings. The zero-order valence-electron chi connectivity index (χ0n) is 14.9. The van der Waals surface area contributed by atoms with Crippen molar-refractivity contribution in [2.24, 2.45) is 0 Å². The van der Waals surface area contributed by atoms with Gasteiger partial charge in [0.05, 0.1) is 13.2 Å². The van der Waals surface area contributed by atoms with Crippen molar-refractivity contribution in [3.05, 3.63) is 0 Å². The number of unbranched alkanes of at least 4 members (excludes halogenated alkanes) is 6. The molecule has 0 saturated carbocycles. The highest BCUT2D eigenvalue weighted by Crippen LogP contribution is 2.26. The molecule has 0 aromatic heterocycles. The minimum Gasteiger partial charge on any atom is -0.379 e. The SMILES string of the molecule is CCCCCCCCCC(CCCOC[C@H]1CO1)(OC)OC. The summed E-state index contributed by atoms with van der Waals surface area (Å²) < 4.78 is 22.1. The molecule has 1 atom stereocenters. The second kappa shape index (κ2) is 12.3. The average molecular weight is 316 g/mol. The predicted molar refractivity (Wildman–Crippen MR) is 89.2 cm³/mol. The van der Waals surface area contributed by atoms with Gasteiger partial charge in [-0.3, -0.25) is 0 Å². The van der Waals surface area contributed by atoms with Gasteiger partial charge in [0.2, 0.25) is 0 Å². The lowest BCUT2D eigenvalue weighted by molar-refractivity contribution is -0.217. The third kappa shape index (κ3) is 9.09. The summed E-state index contributed by atoms with van der Waals surface area (Å²) in [6, 6.07) is 0. The lowest BCUT2D eigenvalue weighted by Gasteiger charge is -2.31. The van der Waals surface area contributed by atoms with Crippen molar-refractivity contribution in [2.45, 2.75) is 83.0 Å². The van der Waals surface area contributed by atoms with Gasteiger partial charge in [-0.05, 0) is 12.8 Å². The molecule has 0 aliphatic carbocycles. The Hall–Kier alpha value is -0.160. The van der Waals surface area contributed by atoms with Crippen molar-refractivity contribution in [1.29, 1.82) is 0 Å². The lowest BCUT2D eigenvalue weighted by Crippen LogP contribution is -2.34. The van der Waals surface area contributed by atoms with Crippen molar-refractivity contribution >= 4 is 0 Å². The van der Waals surface area contributed by atoms with Gasteiger partial charge in [0.25, 0.3) is 0 Å². The highest BCUT2D eigenvalue weighted by molar-refractivity contribution is 4.70. The van der Waals surface area contributed by atoms with Crippen LogP contribution in [0, 0.1) is 0 Å². The fraction of sp³-hybridized carbons (Fsp3) is 1.00. The standard InChI is InChI=1S/C18H36O4/c1-4-5-6-7-8-9-10-12-18(19-2,20-3)13-11-14-21-15-17-16-22-17/h17H,4-16H2,1-3H3/t17-/m0/s1. The molecular weight excluding hydrogens is 280 g/mol. The Morgan fingerprint density at radius 3 is 2.09 bits per heavy atom. The molecule has 0 radical (unpaired) electrons. The van der Waals surface area contributed by atoms with Crippen LogP contribution in [-0.2, 0) is 18.9 Å². The zero-order valence-corrected chi connectivity index (χ0v) is 14.9. The molecule has 0 spiro atoms. The Labute approximate surface area is 136 Å². The van der Waals surface area contributed by atoms with Gasteiger partial charge in [0, 0.05) is 33.7 Å². The van der Waals surface area contributed by atoms with E-state index < -0.39 is 5.79 Å². The van der Waals surface area contributed by atoms with Crippen molar-refractivity contribution in [3.8, 4) is 0 Å². The first-order valence-electron chi connectivity index (χ1n) is 9.06. The fourth-order valence-corrected chi connectivity index (χ4v) is 2.79. The molecule has 0 bridgehead atoms. The van der Waals surface area contributed by atoms with Crippen LogP contribution in [0.4, 0.5) is 0 Å². The highest BCUT2D eigenvalue weighted by Gasteiger charge is 2.28. The molecule has 4 heteroatoms. The van der Waals surface area contributed by atoms with E-state index in [1.165, 1.54) is 44.9 Å². The Morgan fingerprint density at radius 2 is 1.50 bits per heavy atom. The first-order valence-corrected chi connectivity index (χ1v) is 9.06. The van der Waals surface area contributed by atoms with Gasteiger partial charge in [0.1, 0.15) is 6.10 Å². The molecule has 0 unspecified atom stereocenters. The lowest BCUT2D eigenvalue weighted by atomic mass is 10.0. The Morgan fingerprint density at radius 1 is 0.909 bits per heavy atom. The normalized spacial score (nSPS) is 17.9. The summed E-state index contributed by atoms with van der Waals surface area (Å²) in [7, 11) is 3.51. The minimum atomic E-state index is -0.428. The maximum absolute atomic E-state index is 5.67. The molecule has 0 amide bonds. The van der Waals surface area contributed by atoms with E-state index >= 15 is 0 Å². The summed E-state index contributed by atoms with van der Waals surface area (Å²) in [6.07, 6.45) is 12.4. The molecule has 1 heterocycles. The molecule has 132 valence electrons. The first kappa shape index (κ1) is 19.9. The quantitative estimate of drug-likeness (QED) is 0.242. The van der Waals surface area contributed by atoms with Crippen LogP contribution in [0.3, 0.4) is 0 Å². The van der Waals surface area contributed by atoms with Gasteiger partial charge in [-0.2, -0.15) is 0 Å². The summed E-state index contributed by atoms with van der Waals surface area (Å²) >= 11 is 0. The smallest absolute Gasteiger partial charge is 0.167 e. The summed E-state index contributed by atoms with van der Waals surface area (Å²) in [5.74, 6) is -0.428. The average Bonchev–Trinajstić information content (AvgIpc) is 3.36. The number of hydrogen-bond acceptors (Lipinski definition) is 4. The van der Waals surface area contributed by atoms with E-state index in [-0.39, 0.29) is 0 Å². The molecular formula is C18H36O4. The van der Waals surface area contributed by atoms with E-state index in [1.54, 1.807) is 14.2 Å². The molecule has 1 aliphatic heterocycles.